The minimum atomic E-state index is 0.458. The maximum absolute atomic E-state index is 5.86. The average molecular weight is 663 g/mol. The fraction of sp³-hybridized carbons (Fsp3) is 0.421. The van der Waals surface area contributed by atoms with E-state index in [0.29, 0.717) is 106 Å². The van der Waals surface area contributed by atoms with Gasteiger partial charge in [0.05, 0.1) is 79.3 Å². The summed E-state index contributed by atoms with van der Waals surface area (Å²) < 4.78 is 57.0. The van der Waals surface area contributed by atoms with Gasteiger partial charge in [-0.3, -0.25) is 0 Å². The largest absolute Gasteiger partial charge is 0.491 e. The monoisotopic (exact) mass is 662 g/mol. The van der Waals surface area contributed by atoms with Crippen LogP contribution in [-0.2, 0) is 28.4 Å². The molecular weight excluding hydrogens is 616 g/mol. The molecule has 8 aliphatic heterocycles. The van der Waals surface area contributed by atoms with Crippen LogP contribution >= 0.6 is 0 Å². The summed E-state index contributed by atoms with van der Waals surface area (Å²) in [7, 11) is 0. The lowest BCUT2D eigenvalue weighted by molar-refractivity contribution is 0.00498. The fourth-order valence-corrected chi connectivity index (χ4v) is 4.83. The molecule has 258 valence electrons. The highest BCUT2D eigenvalue weighted by atomic mass is 16.6. The van der Waals surface area contributed by atoms with Crippen LogP contribution in [0.3, 0.4) is 0 Å². The Labute approximate surface area is 282 Å². The maximum atomic E-state index is 5.86. The van der Waals surface area contributed by atoms with Crippen LogP contribution < -0.4 is 18.9 Å². The lowest BCUT2D eigenvalue weighted by Crippen LogP contribution is -2.14. The standard InChI is InChI=1S/C38H46O10/c1-7-35-8-2-31(1)32-3-9-36(10-4-32)46-26-22-42-18-14-40-16-20-44-24-28-48-38-12-6-33-29-37(11-5-34(33)30-38)47-27-23-43-19-15-39-13-17-41-21-25-45-35/h1-12,29-30H,13-28H2. The van der Waals surface area contributed by atoms with Gasteiger partial charge in [0.2, 0.25) is 0 Å². The van der Waals surface area contributed by atoms with E-state index in [9.17, 15) is 0 Å². The van der Waals surface area contributed by atoms with Gasteiger partial charge in [0.25, 0.3) is 0 Å². The van der Waals surface area contributed by atoms with Crippen LogP contribution in [0.2, 0.25) is 0 Å². The molecule has 0 atom stereocenters. The normalized spacial score (nSPS) is 17.7. The van der Waals surface area contributed by atoms with Crippen molar-refractivity contribution in [2.24, 2.45) is 0 Å². The molecule has 8 aliphatic rings. The molecule has 0 amide bonds. The summed E-state index contributed by atoms with van der Waals surface area (Å²) >= 11 is 0. The molecule has 0 spiro atoms. The van der Waals surface area contributed by atoms with E-state index < -0.39 is 0 Å². The third kappa shape index (κ3) is 13.0. The van der Waals surface area contributed by atoms with Gasteiger partial charge in [-0.15, -0.1) is 0 Å². The Hall–Kier alpha value is -3.90. The van der Waals surface area contributed by atoms with Gasteiger partial charge in [-0.05, 0) is 70.4 Å². The second kappa shape index (κ2) is 21.1. The van der Waals surface area contributed by atoms with Crippen LogP contribution in [-0.4, -0.2) is 106 Å². The Morgan fingerprint density at radius 2 is 0.500 bits per heavy atom. The first-order valence-corrected chi connectivity index (χ1v) is 16.6. The number of hydrogen-bond donors (Lipinski definition) is 0. The fourth-order valence-electron chi connectivity index (χ4n) is 4.83. The molecule has 0 aromatic heterocycles. The molecule has 0 saturated carbocycles. The molecule has 0 fully saturated rings. The minimum absolute atomic E-state index is 0.458. The zero-order chi connectivity index (χ0) is 32.9. The van der Waals surface area contributed by atoms with Crippen LogP contribution in [0.25, 0.3) is 21.9 Å². The Morgan fingerprint density at radius 1 is 0.250 bits per heavy atom. The van der Waals surface area contributed by atoms with Crippen molar-refractivity contribution in [3.63, 3.8) is 0 Å². The number of rotatable bonds is 0. The second-order valence-corrected chi connectivity index (χ2v) is 10.8. The van der Waals surface area contributed by atoms with E-state index in [1.54, 1.807) is 0 Å². The summed E-state index contributed by atoms with van der Waals surface area (Å²) in [4.78, 5) is 0. The minimum Gasteiger partial charge on any atom is -0.491 e. The molecule has 4 aromatic carbocycles. The van der Waals surface area contributed by atoms with Crippen LogP contribution in [0, 0.1) is 0 Å². The van der Waals surface area contributed by atoms with E-state index in [1.807, 2.05) is 84.9 Å². The van der Waals surface area contributed by atoms with Gasteiger partial charge >= 0.3 is 0 Å². The summed E-state index contributed by atoms with van der Waals surface area (Å²) in [5.74, 6) is 3.19. The van der Waals surface area contributed by atoms with Gasteiger partial charge in [0, 0.05) is 0 Å². The van der Waals surface area contributed by atoms with Gasteiger partial charge in [0.1, 0.15) is 49.4 Å². The van der Waals surface area contributed by atoms with Crippen molar-refractivity contribution in [3.8, 4) is 34.1 Å². The number of ether oxygens (including phenoxy) is 10. The first-order valence-electron chi connectivity index (χ1n) is 16.6. The topological polar surface area (TPSA) is 92.3 Å². The smallest absolute Gasteiger partial charge is 0.120 e. The zero-order valence-corrected chi connectivity index (χ0v) is 27.5. The van der Waals surface area contributed by atoms with Crippen LogP contribution in [0.5, 0.6) is 23.0 Å². The molecule has 12 rings (SSSR count). The summed E-state index contributed by atoms with van der Waals surface area (Å²) in [5.41, 5.74) is 2.20. The Morgan fingerprint density at radius 3 is 0.812 bits per heavy atom. The molecule has 0 radical (unpaired) electrons. The third-order valence-corrected chi connectivity index (χ3v) is 7.30. The van der Waals surface area contributed by atoms with Crippen LogP contribution in [0.1, 0.15) is 0 Å². The Bertz CT molecular complexity index is 1330. The molecule has 0 N–H and O–H groups in total. The highest BCUT2D eigenvalue weighted by Gasteiger charge is 2.04. The van der Waals surface area contributed by atoms with Crippen molar-refractivity contribution in [1.29, 1.82) is 0 Å². The van der Waals surface area contributed by atoms with Crippen molar-refractivity contribution in [3.05, 3.63) is 84.9 Å². The molecule has 10 heteroatoms. The van der Waals surface area contributed by atoms with Crippen molar-refractivity contribution in [1.82, 2.24) is 0 Å². The van der Waals surface area contributed by atoms with Crippen molar-refractivity contribution >= 4 is 10.8 Å². The molecule has 0 unspecified atom stereocenters. The van der Waals surface area contributed by atoms with Crippen molar-refractivity contribution < 1.29 is 47.4 Å². The predicted molar refractivity (Wildman–Crippen MR) is 183 cm³/mol. The second-order valence-electron chi connectivity index (χ2n) is 10.8. The van der Waals surface area contributed by atoms with Crippen LogP contribution in [0.4, 0.5) is 0 Å². The zero-order valence-electron chi connectivity index (χ0n) is 27.5. The van der Waals surface area contributed by atoms with E-state index in [0.717, 1.165) is 44.9 Å². The summed E-state index contributed by atoms with van der Waals surface area (Å²) in [6, 6.07) is 28.0. The van der Waals surface area contributed by atoms with Crippen molar-refractivity contribution in [2.45, 2.75) is 0 Å². The average Bonchev–Trinajstić information content (AvgIpc) is 3.12. The summed E-state index contributed by atoms with van der Waals surface area (Å²) in [6.45, 7) is 7.75. The highest BCUT2D eigenvalue weighted by molar-refractivity contribution is 5.85. The molecule has 4 aromatic rings. The van der Waals surface area contributed by atoms with Gasteiger partial charge in [-0.2, -0.15) is 0 Å². The number of benzene rings is 4. The van der Waals surface area contributed by atoms with E-state index >= 15 is 0 Å². The lowest BCUT2D eigenvalue weighted by Gasteiger charge is -2.11. The quantitative estimate of drug-likeness (QED) is 0.229. The summed E-state index contributed by atoms with van der Waals surface area (Å²) in [5, 5.41) is 2.15. The first-order chi connectivity index (χ1) is 23.8. The molecular formula is C38H46O10. The molecule has 0 saturated heterocycles. The number of hydrogen-bond acceptors (Lipinski definition) is 10. The third-order valence-electron chi connectivity index (χ3n) is 7.30. The van der Waals surface area contributed by atoms with E-state index in [1.165, 1.54) is 0 Å². The Kier molecular flexibility index (Phi) is 15.6. The van der Waals surface area contributed by atoms with Gasteiger partial charge in [-0.25, -0.2) is 0 Å². The van der Waals surface area contributed by atoms with E-state index in [-0.39, 0.29) is 0 Å². The predicted octanol–water partition coefficient (Wildman–Crippen LogP) is 5.84. The Balaban J connectivity index is 1.03. The van der Waals surface area contributed by atoms with Gasteiger partial charge < -0.3 is 47.4 Å². The van der Waals surface area contributed by atoms with Crippen LogP contribution in [0.15, 0.2) is 84.9 Å². The van der Waals surface area contributed by atoms with Gasteiger partial charge in [0.15, 0.2) is 0 Å². The molecule has 48 heavy (non-hydrogen) atoms. The SMILES string of the molecule is c1cc2ccc1OCCOCCOCCOCCOc1ccc3cc(ccc3c1)OCCOCCOCCOCCOc1ccc-2cc1. The molecule has 10 nitrogen and oxygen atoms in total. The van der Waals surface area contributed by atoms with E-state index in [2.05, 4.69) is 0 Å². The van der Waals surface area contributed by atoms with Crippen molar-refractivity contribution in [2.75, 3.05) is 106 Å². The van der Waals surface area contributed by atoms with E-state index in [4.69, 9.17) is 47.4 Å². The van der Waals surface area contributed by atoms with Gasteiger partial charge in [-0.1, -0.05) is 36.4 Å². The highest BCUT2D eigenvalue weighted by Crippen LogP contribution is 2.26. The molecule has 8 heterocycles. The first kappa shape index (κ1) is 35.4. The summed E-state index contributed by atoms with van der Waals surface area (Å²) in [6.07, 6.45) is 0. The lowest BCUT2D eigenvalue weighted by atomic mass is 10.1. The maximum Gasteiger partial charge on any atom is 0.120 e. The molecule has 0 aliphatic carbocycles. The molecule has 8 bridgehead atoms.